The van der Waals surface area contributed by atoms with Crippen molar-refractivity contribution >= 4 is 21.6 Å². The van der Waals surface area contributed by atoms with Crippen molar-refractivity contribution in [2.24, 2.45) is 5.92 Å². The van der Waals surface area contributed by atoms with Gasteiger partial charge in [-0.2, -0.15) is 0 Å². The van der Waals surface area contributed by atoms with Gasteiger partial charge in [-0.3, -0.25) is 10.1 Å². The Balaban J connectivity index is 2.81. The number of hydrogen-bond acceptors (Lipinski definition) is 3. The van der Waals surface area contributed by atoms with Gasteiger partial charge >= 0.3 is 0 Å². The molecule has 0 amide bonds. The molecular formula is C13H18BrNO3. The molecule has 1 aromatic rings. The Labute approximate surface area is 116 Å². The molecule has 0 saturated heterocycles. The number of methoxy groups -OCH3 is 1. The van der Waals surface area contributed by atoms with E-state index >= 15 is 0 Å². The van der Waals surface area contributed by atoms with Crippen molar-refractivity contribution in [3.05, 3.63) is 33.9 Å². The number of nitro groups is 1. The fraction of sp³-hybridized carbons (Fsp3) is 0.538. The summed E-state index contributed by atoms with van der Waals surface area (Å²) < 4.78 is 5.08. The third kappa shape index (κ3) is 4.29. The Kier molecular flexibility index (Phi) is 5.59. The topological polar surface area (TPSA) is 52.4 Å². The monoisotopic (exact) mass is 315 g/mol. The van der Waals surface area contributed by atoms with Crippen molar-refractivity contribution in [2.45, 2.75) is 31.5 Å². The largest absolute Gasteiger partial charge is 0.496 e. The number of halogens is 1. The Hall–Kier alpha value is -1.10. The number of hydrogen-bond donors (Lipinski definition) is 0. The van der Waals surface area contributed by atoms with Gasteiger partial charge in [0, 0.05) is 10.9 Å². The molecule has 1 rings (SSSR count). The molecule has 0 saturated carbocycles. The molecule has 0 spiro atoms. The summed E-state index contributed by atoms with van der Waals surface area (Å²) in [7, 11) is 1.52. The van der Waals surface area contributed by atoms with Gasteiger partial charge in [0.2, 0.25) is 0 Å². The molecule has 1 atom stereocenters. The summed E-state index contributed by atoms with van der Waals surface area (Å²) >= 11 is 3.62. The van der Waals surface area contributed by atoms with Crippen LogP contribution < -0.4 is 4.74 Å². The first-order chi connectivity index (χ1) is 8.43. The van der Waals surface area contributed by atoms with Gasteiger partial charge in [-0.05, 0) is 30.4 Å². The van der Waals surface area contributed by atoms with Crippen LogP contribution in [0.3, 0.4) is 0 Å². The zero-order valence-electron chi connectivity index (χ0n) is 10.9. The second-order valence-electron chi connectivity index (χ2n) is 4.60. The number of aryl methyl sites for hydroxylation is 1. The molecule has 18 heavy (non-hydrogen) atoms. The van der Waals surface area contributed by atoms with Gasteiger partial charge in [0.15, 0.2) is 0 Å². The lowest BCUT2D eigenvalue weighted by molar-refractivity contribution is -0.385. The highest BCUT2D eigenvalue weighted by Crippen LogP contribution is 2.25. The van der Waals surface area contributed by atoms with Crippen molar-refractivity contribution in [1.29, 1.82) is 0 Å². The van der Waals surface area contributed by atoms with Crippen LogP contribution >= 0.6 is 15.9 Å². The smallest absolute Gasteiger partial charge is 0.273 e. The molecule has 1 aromatic carbocycles. The lowest BCUT2D eigenvalue weighted by Gasteiger charge is -2.13. The second-order valence-corrected chi connectivity index (χ2v) is 5.77. The molecule has 0 aliphatic rings. The summed E-state index contributed by atoms with van der Waals surface area (Å²) in [5.41, 5.74) is 1.02. The van der Waals surface area contributed by atoms with Crippen molar-refractivity contribution < 1.29 is 9.66 Å². The van der Waals surface area contributed by atoms with Crippen LogP contribution in [0, 0.1) is 16.0 Å². The molecule has 5 heteroatoms. The molecule has 1 unspecified atom stereocenters. The maximum Gasteiger partial charge on any atom is 0.273 e. The number of rotatable bonds is 6. The van der Waals surface area contributed by atoms with Gasteiger partial charge in [-0.1, -0.05) is 29.8 Å². The predicted octanol–water partition coefficient (Wildman–Crippen LogP) is 3.96. The summed E-state index contributed by atoms with van der Waals surface area (Å²) in [5, 5.41) is 10.8. The molecule has 0 bridgehead atoms. The third-order valence-electron chi connectivity index (χ3n) is 2.83. The Morgan fingerprint density at radius 1 is 1.39 bits per heavy atom. The van der Waals surface area contributed by atoms with E-state index in [1.54, 1.807) is 6.07 Å². The first-order valence-corrected chi connectivity index (χ1v) is 6.82. The zero-order chi connectivity index (χ0) is 13.7. The van der Waals surface area contributed by atoms with Crippen LogP contribution in [-0.2, 0) is 6.42 Å². The number of nitrogens with zero attached hydrogens (tertiary/aromatic N) is 1. The fourth-order valence-corrected chi connectivity index (χ4v) is 1.88. The van der Waals surface area contributed by atoms with Gasteiger partial charge in [0.1, 0.15) is 5.75 Å². The average Bonchev–Trinajstić information content (AvgIpc) is 2.35. The lowest BCUT2D eigenvalue weighted by atomic mass is 10.0. The SMILES string of the molecule is COc1cc(CCC(Br)C(C)C)cc([N+](=O)[O-])c1. The van der Waals surface area contributed by atoms with Crippen LogP contribution in [0.2, 0.25) is 0 Å². The van der Waals surface area contributed by atoms with E-state index in [4.69, 9.17) is 4.74 Å². The van der Waals surface area contributed by atoms with Crippen LogP contribution in [0.5, 0.6) is 5.75 Å². The van der Waals surface area contributed by atoms with Gasteiger partial charge < -0.3 is 4.74 Å². The first kappa shape index (κ1) is 15.0. The quantitative estimate of drug-likeness (QED) is 0.453. The third-order valence-corrected chi connectivity index (χ3v) is 4.34. The maximum atomic E-state index is 10.8. The first-order valence-electron chi connectivity index (χ1n) is 5.90. The van der Waals surface area contributed by atoms with Crippen molar-refractivity contribution in [3.8, 4) is 5.75 Å². The highest BCUT2D eigenvalue weighted by Gasteiger charge is 2.13. The van der Waals surface area contributed by atoms with Crippen molar-refractivity contribution in [2.75, 3.05) is 7.11 Å². The molecule has 0 heterocycles. The normalized spacial score (nSPS) is 12.5. The zero-order valence-corrected chi connectivity index (χ0v) is 12.4. The van der Waals surface area contributed by atoms with Gasteiger partial charge in [-0.15, -0.1) is 0 Å². The van der Waals surface area contributed by atoms with Crippen molar-refractivity contribution in [3.63, 3.8) is 0 Å². The molecule has 100 valence electrons. The van der Waals surface area contributed by atoms with E-state index in [0.29, 0.717) is 16.5 Å². The molecule has 0 aliphatic heterocycles. The second kappa shape index (κ2) is 6.73. The highest BCUT2D eigenvalue weighted by atomic mass is 79.9. The van der Waals surface area contributed by atoms with Crippen molar-refractivity contribution in [1.82, 2.24) is 0 Å². The van der Waals surface area contributed by atoms with E-state index in [9.17, 15) is 10.1 Å². The predicted molar refractivity (Wildman–Crippen MR) is 75.5 cm³/mol. The van der Waals surface area contributed by atoms with E-state index < -0.39 is 0 Å². The number of nitro benzene ring substituents is 1. The molecule has 0 radical (unpaired) electrons. The molecule has 0 aliphatic carbocycles. The van der Waals surface area contributed by atoms with Crippen LogP contribution in [0.25, 0.3) is 0 Å². The van der Waals surface area contributed by atoms with Gasteiger partial charge in [0.05, 0.1) is 18.1 Å². The minimum Gasteiger partial charge on any atom is -0.496 e. The Morgan fingerprint density at radius 2 is 2.06 bits per heavy atom. The van der Waals surface area contributed by atoms with Crippen LogP contribution in [0.1, 0.15) is 25.8 Å². The standard InChI is InChI=1S/C13H18BrNO3/c1-9(2)13(14)5-4-10-6-11(15(16)17)8-12(7-10)18-3/h6-9,13H,4-5H2,1-3H3. The summed E-state index contributed by atoms with van der Waals surface area (Å²) in [4.78, 5) is 10.8. The highest BCUT2D eigenvalue weighted by molar-refractivity contribution is 9.09. The number of benzene rings is 1. The minimum absolute atomic E-state index is 0.0834. The molecule has 0 aromatic heterocycles. The summed E-state index contributed by atoms with van der Waals surface area (Å²) in [5.74, 6) is 1.08. The maximum absolute atomic E-state index is 10.8. The minimum atomic E-state index is -0.389. The van der Waals surface area contributed by atoms with E-state index in [0.717, 1.165) is 18.4 Å². The van der Waals surface area contributed by atoms with Gasteiger partial charge in [0.25, 0.3) is 5.69 Å². The van der Waals surface area contributed by atoms with E-state index in [1.807, 2.05) is 6.07 Å². The Bertz CT molecular complexity index is 421. The van der Waals surface area contributed by atoms with Gasteiger partial charge in [-0.25, -0.2) is 0 Å². The number of ether oxygens (including phenoxy) is 1. The van der Waals surface area contributed by atoms with Crippen LogP contribution in [0.15, 0.2) is 18.2 Å². The number of alkyl halides is 1. The molecule has 0 fully saturated rings. The number of non-ortho nitro benzene ring substituents is 1. The Morgan fingerprint density at radius 3 is 2.56 bits per heavy atom. The average molecular weight is 316 g/mol. The molecule has 0 N–H and O–H groups in total. The summed E-state index contributed by atoms with van der Waals surface area (Å²) in [6, 6.07) is 4.91. The fourth-order valence-electron chi connectivity index (χ4n) is 1.65. The van der Waals surface area contributed by atoms with E-state index in [-0.39, 0.29) is 10.6 Å². The molecular weight excluding hydrogens is 298 g/mol. The molecule has 4 nitrogen and oxygen atoms in total. The lowest BCUT2D eigenvalue weighted by Crippen LogP contribution is -2.08. The summed E-state index contributed by atoms with van der Waals surface area (Å²) in [6.07, 6.45) is 1.74. The van der Waals surface area contributed by atoms with Crippen LogP contribution in [0.4, 0.5) is 5.69 Å². The van der Waals surface area contributed by atoms with Crippen LogP contribution in [-0.4, -0.2) is 16.9 Å². The van der Waals surface area contributed by atoms with E-state index in [1.165, 1.54) is 13.2 Å². The summed E-state index contributed by atoms with van der Waals surface area (Å²) in [6.45, 7) is 4.29. The van der Waals surface area contributed by atoms with E-state index in [2.05, 4.69) is 29.8 Å².